The smallest absolute Gasteiger partial charge is 0.261 e. The molecule has 3 aromatic rings. The minimum absolute atomic E-state index is 0.0816. The van der Waals surface area contributed by atoms with Crippen molar-refractivity contribution in [3.63, 3.8) is 0 Å². The number of hydrogen-bond donors (Lipinski definition) is 1. The summed E-state index contributed by atoms with van der Waals surface area (Å²) >= 11 is 0. The Balaban J connectivity index is 1.77. The average Bonchev–Trinajstić information content (AvgIpc) is 3.05. The summed E-state index contributed by atoms with van der Waals surface area (Å²) in [6.45, 7) is 1.74. The summed E-state index contributed by atoms with van der Waals surface area (Å²) in [6.07, 6.45) is 2.94. The highest BCUT2D eigenvalue weighted by atomic mass is 16.3. The number of hydrogen-bond acceptors (Lipinski definition) is 4. The second kappa shape index (κ2) is 5.85. The molecule has 0 spiro atoms. The number of fused-ring (bicyclic) bond motifs is 1. The van der Waals surface area contributed by atoms with Gasteiger partial charge in [-0.1, -0.05) is 12.1 Å². The predicted molar refractivity (Wildman–Crippen MR) is 81.3 cm³/mol. The maximum absolute atomic E-state index is 12.3. The minimum Gasteiger partial charge on any atom is -0.467 e. The van der Waals surface area contributed by atoms with E-state index in [1.165, 1.54) is 10.9 Å². The first-order chi connectivity index (χ1) is 10.6. The van der Waals surface area contributed by atoms with Gasteiger partial charge in [-0.05, 0) is 31.2 Å². The number of rotatable bonds is 4. The number of nitrogens with one attached hydrogen (secondary N) is 1. The van der Waals surface area contributed by atoms with E-state index in [1.807, 2.05) is 13.0 Å². The Morgan fingerprint density at radius 1 is 1.32 bits per heavy atom. The molecule has 0 bridgehead atoms. The van der Waals surface area contributed by atoms with Crippen LogP contribution < -0.4 is 10.9 Å². The molecule has 2 heterocycles. The first kappa shape index (κ1) is 14.1. The molecule has 1 aromatic carbocycles. The summed E-state index contributed by atoms with van der Waals surface area (Å²) in [5.41, 5.74) is 0.388. The van der Waals surface area contributed by atoms with E-state index in [2.05, 4.69) is 10.3 Å². The molecule has 22 heavy (non-hydrogen) atoms. The lowest BCUT2D eigenvalue weighted by molar-refractivity contribution is -0.122. The molecule has 1 N–H and O–H groups in total. The van der Waals surface area contributed by atoms with E-state index < -0.39 is 0 Å². The van der Waals surface area contributed by atoms with E-state index in [0.29, 0.717) is 16.7 Å². The zero-order valence-corrected chi connectivity index (χ0v) is 12.0. The van der Waals surface area contributed by atoms with Gasteiger partial charge in [0.25, 0.3) is 5.56 Å². The van der Waals surface area contributed by atoms with Crippen molar-refractivity contribution in [2.45, 2.75) is 19.5 Å². The number of amides is 1. The molecule has 3 rings (SSSR count). The molecular weight excluding hydrogens is 282 g/mol. The molecule has 1 unspecified atom stereocenters. The van der Waals surface area contributed by atoms with Crippen LogP contribution in [-0.4, -0.2) is 15.5 Å². The van der Waals surface area contributed by atoms with E-state index in [0.717, 1.165) is 0 Å². The third-order valence-corrected chi connectivity index (χ3v) is 3.39. The Morgan fingerprint density at radius 3 is 2.91 bits per heavy atom. The highest BCUT2D eigenvalue weighted by Gasteiger charge is 2.13. The van der Waals surface area contributed by atoms with Gasteiger partial charge in [-0.25, -0.2) is 4.98 Å². The number of furan rings is 1. The lowest BCUT2D eigenvalue weighted by atomic mass is 10.2. The SMILES string of the molecule is CC(NC(=O)Cn1cnc2ccccc2c1=O)c1ccco1. The predicted octanol–water partition coefficient (Wildman–Crippen LogP) is 1.87. The molecule has 112 valence electrons. The number of aromatic nitrogens is 2. The summed E-state index contributed by atoms with van der Waals surface area (Å²) in [7, 11) is 0. The zero-order chi connectivity index (χ0) is 15.5. The van der Waals surface area contributed by atoms with Gasteiger partial charge in [-0.3, -0.25) is 14.2 Å². The summed E-state index contributed by atoms with van der Waals surface area (Å²) in [5, 5.41) is 3.28. The summed E-state index contributed by atoms with van der Waals surface area (Å²) in [5.74, 6) is 0.389. The maximum Gasteiger partial charge on any atom is 0.261 e. The van der Waals surface area contributed by atoms with Crippen molar-refractivity contribution in [1.29, 1.82) is 0 Å². The molecule has 6 nitrogen and oxygen atoms in total. The maximum atomic E-state index is 12.3. The van der Waals surface area contributed by atoms with Crippen molar-refractivity contribution in [3.8, 4) is 0 Å². The van der Waals surface area contributed by atoms with Crippen LogP contribution in [0.15, 0.2) is 58.2 Å². The topological polar surface area (TPSA) is 77.1 Å². The Labute approximate surface area is 126 Å². The van der Waals surface area contributed by atoms with Crippen LogP contribution in [0.3, 0.4) is 0 Å². The van der Waals surface area contributed by atoms with Gasteiger partial charge in [0.15, 0.2) is 0 Å². The van der Waals surface area contributed by atoms with Gasteiger partial charge < -0.3 is 9.73 Å². The number of carbonyl (C=O) groups is 1. The van der Waals surface area contributed by atoms with Gasteiger partial charge in [0.1, 0.15) is 12.3 Å². The van der Waals surface area contributed by atoms with Crippen LogP contribution in [0.25, 0.3) is 10.9 Å². The summed E-state index contributed by atoms with van der Waals surface area (Å²) in [4.78, 5) is 28.6. The average molecular weight is 297 g/mol. The van der Waals surface area contributed by atoms with Crippen LogP contribution in [0.5, 0.6) is 0 Å². The van der Waals surface area contributed by atoms with Crippen molar-refractivity contribution >= 4 is 16.8 Å². The Morgan fingerprint density at radius 2 is 2.14 bits per heavy atom. The van der Waals surface area contributed by atoms with Gasteiger partial charge in [-0.2, -0.15) is 0 Å². The van der Waals surface area contributed by atoms with Crippen molar-refractivity contribution in [2.24, 2.45) is 0 Å². The van der Waals surface area contributed by atoms with Gasteiger partial charge in [0.2, 0.25) is 5.91 Å². The second-order valence-corrected chi connectivity index (χ2v) is 5.00. The Kier molecular flexibility index (Phi) is 3.74. The summed E-state index contributed by atoms with van der Waals surface area (Å²) in [6, 6.07) is 10.3. The highest BCUT2D eigenvalue weighted by Crippen LogP contribution is 2.12. The molecule has 2 aromatic heterocycles. The van der Waals surface area contributed by atoms with Gasteiger partial charge in [0, 0.05) is 0 Å². The minimum atomic E-state index is -0.275. The van der Waals surface area contributed by atoms with Gasteiger partial charge in [-0.15, -0.1) is 0 Å². The molecule has 0 fully saturated rings. The molecule has 1 atom stereocenters. The van der Waals surface area contributed by atoms with E-state index in [-0.39, 0.29) is 24.1 Å². The fraction of sp³-hybridized carbons (Fsp3) is 0.188. The van der Waals surface area contributed by atoms with Crippen molar-refractivity contribution in [3.05, 3.63) is 65.1 Å². The first-order valence-electron chi connectivity index (χ1n) is 6.92. The van der Waals surface area contributed by atoms with E-state index in [1.54, 1.807) is 36.6 Å². The third-order valence-electron chi connectivity index (χ3n) is 3.39. The lowest BCUT2D eigenvalue weighted by Crippen LogP contribution is -2.33. The fourth-order valence-electron chi connectivity index (χ4n) is 2.27. The van der Waals surface area contributed by atoms with Crippen molar-refractivity contribution in [2.75, 3.05) is 0 Å². The Bertz CT molecular complexity index is 852. The van der Waals surface area contributed by atoms with Crippen molar-refractivity contribution < 1.29 is 9.21 Å². The van der Waals surface area contributed by atoms with Crippen LogP contribution in [0.4, 0.5) is 0 Å². The van der Waals surface area contributed by atoms with Crippen LogP contribution >= 0.6 is 0 Å². The molecule has 0 saturated heterocycles. The monoisotopic (exact) mass is 297 g/mol. The first-order valence-corrected chi connectivity index (χ1v) is 6.92. The van der Waals surface area contributed by atoms with Crippen LogP contribution in [0, 0.1) is 0 Å². The summed E-state index contributed by atoms with van der Waals surface area (Å²) < 4.78 is 6.53. The molecule has 1 amide bonds. The van der Waals surface area contributed by atoms with Crippen molar-refractivity contribution in [1.82, 2.24) is 14.9 Å². The van der Waals surface area contributed by atoms with Crippen LogP contribution in [-0.2, 0) is 11.3 Å². The van der Waals surface area contributed by atoms with E-state index >= 15 is 0 Å². The quantitative estimate of drug-likeness (QED) is 0.797. The van der Waals surface area contributed by atoms with Crippen LogP contribution in [0.2, 0.25) is 0 Å². The number of para-hydroxylation sites is 1. The number of carbonyl (C=O) groups excluding carboxylic acids is 1. The normalized spacial score (nSPS) is 12.2. The fourth-order valence-corrected chi connectivity index (χ4v) is 2.27. The Hall–Kier alpha value is -2.89. The van der Waals surface area contributed by atoms with Gasteiger partial charge in [0.05, 0.1) is 29.5 Å². The van der Waals surface area contributed by atoms with Crippen LogP contribution in [0.1, 0.15) is 18.7 Å². The second-order valence-electron chi connectivity index (χ2n) is 5.00. The van der Waals surface area contributed by atoms with E-state index in [9.17, 15) is 9.59 Å². The van der Waals surface area contributed by atoms with Gasteiger partial charge >= 0.3 is 0 Å². The molecule has 0 aliphatic heterocycles. The largest absolute Gasteiger partial charge is 0.467 e. The molecule has 0 saturated carbocycles. The number of benzene rings is 1. The molecular formula is C16H15N3O3. The standard InChI is InChI=1S/C16H15N3O3/c1-11(14-7-4-8-22-14)18-15(20)9-19-10-17-13-6-3-2-5-12(13)16(19)21/h2-8,10-11H,9H2,1H3,(H,18,20). The molecule has 0 aliphatic carbocycles. The van der Waals surface area contributed by atoms with E-state index in [4.69, 9.17) is 4.42 Å². The zero-order valence-electron chi connectivity index (χ0n) is 12.0. The highest BCUT2D eigenvalue weighted by molar-refractivity contribution is 5.79. The lowest BCUT2D eigenvalue weighted by Gasteiger charge is -2.12. The molecule has 6 heteroatoms. The third kappa shape index (κ3) is 2.76. The number of nitrogens with zero attached hydrogens (tertiary/aromatic N) is 2. The molecule has 0 radical (unpaired) electrons. The molecule has 0 aliphatic rings.